The van der Waals surface area contributed by atoms with Gasteiger partial charge in [0.15, 0.2) is 0 Å². The van der Waals surface area contributed by atoms with E-state index in [4.69, 9.17) is 14.2 Å². The van der Waals surface area contributed by atoms with Gasteiger partial charge in [0, 0.05) is 27.8 Å². The monoisotopic (exact) mass is 416 g/mol. The predicted molar refractivity (Wildman–Crippen MR) is 118 cm³/mol. The molecule has 1 aromatic carbocycles. The highest BCUT2D eigenvalue weighted by Gasteiger charge is 2.23. The molecule has 156 valence electrons. The molecule has 0 bridgehead atoms. The van der Waals surface area contributed by atoms with Crippen LogP contribution in [0.2, 0.25) is 0 Å². The number of hydrogen-bond acceptors (Lipinski definition) is 5. The summed E-state index contributed by atoms with van der Waals surface area (Å²) in [6.45, 7) is 8.43. The van der Waals surface area contributed by atoms with Gasteiger partial charge in [0.25, 0.3) is 0 Å². The van der Waals surface area contributed by atoms with Gasteiger partial charge in [-0.2, -0.15) is 0 Å². The molecule has 29 heavy (non-hydrogen) atoms. The van der Waals surface area contributed by atoms with Gasteiger partial charge >= 0.3 is 6.09 Å². The molecule has 2 heterocycles. The zero-order chi connectivity index (χ0) is 21.0. The van der Waals surface area contributed by atoms with Gasteiger partial charge in [0.05, 0.1) is 29.9 Å². The number of nitrogens with zero attached hydrogens (tertiary/aromatic N) is 3. The number of alkyl carbamates (subject to hydrolysis) is 1. The summed E-state index contributed by atoms with van der Waals surface area (Å²) in [6, 6.07) is 7.88. The third kappa shape index (κ3) is 5.03. The fraction of sp³-hybridized carbons (Fsp3) is 0.476. The van der Waals surface area contributed by atoms with Crippen molar-refractivity contribution < 1.29 is 14.1 Å². The lowest BCUT2D eigenvalue weighted by Gasteiger charge is -2.24. The summed E-state index contributed by atoms with van der Waals surface area (Å²) in [5.74, 6) is 0.957. The standard InChI is InChI=1S/C21H29N4O3P/c1-5-8-18-24-17-12-22-16-10-7-6-9-15(16)19(17)25(18)14(13-27-29)11-23-20(26)28-21(2,3)4/h6-7,9-10,12,14H,5,8,11,13,29H2,1-4H3,(H,23,26)/t14-/m0/s1. The number of carbonyl (C=O) groups is 1. The van der Waals surface area contributed by atoms with E-state index in [0.29, 0.717) is 13.2 Å². The van der Waals surface area contributed by atoms with Crippen molar-refractivity contribution in [2.24, 2.45) is 0 Å². The van der Waals surface area contributed by atoms with E-state index < -0.39 is 11.7 Å². The van der Waals surface area contributed by atoms with Crippen LogP contribution in [0.25, 0.3) is 21.9 Å². The summed E-state index contributed by atoms with van der Waals surface area (Å²) in [4.78, 5) is 21.6. The van der Waals surface area contributed by atoms with E-state index >= 15 is 0 Å². The van der Waals surface area contributed by atoms with E-state index in [1.807, 2.05) is 45.2 Å². The Kier molecular flexibility index (Phi) is 6.70. The fourth-order valence-electron chi connectivity index (χ4n) is 3.42. The molecule has 0 spiro atoms. The lowest BCUT2D eigenvalue weighted by Crippen LogP contribution is -2.37. The van der Waals surface area contributed by atoms with Crippen molar-refractivity contribution >= 4 is 37.5 Å². The van der Waals surface area contributed by atoms with Gasteiger partial charge in [-0.3, -0.25) is 4.98 Å². The lowest BCUT2D eigenvalue weighted by atomic mass is 10.1. The third-order valence-corrected chi connectivity index (χ3v) is 4.70. The zero-order valence-corrected chi connectivity index (χ0v) is 18.6. The van der Waals surface area contributed by atoms with Gasteiger partial charge < -0.3 is 19.1 Å². The number of carbonyl (C=O) groups excluding carboxylic acids is 1. The molecule has 1 N–H and O–H groups in total. The number of rotatable bonds is 7. The van der Waals surface area contributed by atoms with Crippen LogP contribution in [0.1, 0.15) is 46.0 Å². The summed E-state index contributed by atoms with van der Waals surface area (Å²) in [6.07, 6.45) is 3.15. The molecule has 1 unspecified atom stereocenters. The van der Waals surface area contributed by atoms with Crippen molar-refractivity contribution in [3.05, 3.63) is 36.3 Å². The Balaban J connectivity index is 2.04. The number of pyridine rings is 1. The van der Waals surface area contributed by atoms with Crippen LogP contribution >= 0.6 is 9.47 Å². The minimum atomic E-state index is -0.548. The first-order chi connectivity index (χ1) is 13.8. The Morgan fingerprint density at radius 2 is 2.03 bits per heavy atom. The van der Waals surface area contributed by atoms with Crippen LogP contribution in [-0.4, -0.2) is 39.4 Å². The highest BCUT2D eigenvalue weighted by molar-refractivity contribution is 7.09. The molecule has 2 aromatic heterocycles. The van der Waals surface area contributed by atoms with E-state index in [2.05, 4.69) is 37.3 Å². The first kappa shape index (κ1) is 21.5. The molecule has 3 rings (SSSR count). The maximum atomic E-state index is 12.2. The number of ether oxygens (including phenoxy) is 1. The molecule has 7 nitrogen and oxygen atoms in total. The molecule has 8 heteroatoms. The average molecular weight is 416 g/mol. The second-order valence-electron chi connectivity index (χ2n) is 8.03. The Bertz CT molecular complexity index is 997. The van der Waals surface area contributed by atoms with Crippen LogP contribution < -0.4 is 5.32 Å². The number of para-hydroxylation sites is 1. The normalized spacial score (nSPS) is 13.0. The molecule has 0 fully saturated rings. The second kappa shape index (κ2) is 9.06. The topological polar surface area (TPSA) is 78.3 Å². The average Bonchev–Trinajstić information content (AvgIpc) is 3.02. The van der Waals surface area contributed by atoms with Crippen molar-refractivity contribution in [1.82, 2.24) is 19.9 Å². The Labute approximate surface area is 173 Å². The zero-order valence-electron chi connectivity index (χ0n) is 17.4. The Morgan fingerprint density at radius 3 is 2.72 bits per heavy atom. The summed E-state index contributed by atoms with van der Waals surface area (Å²) in [7, 11) is 2.29. The van der Waals surface area contributed by atoms with E-state index in [1.165, 1.54) is 0 Å². The first-order valence-corrected chi connectivity index (χ1v) is 10.3. The molecule has 0 radical (unpaired) electrons. The predicted octanol–water partition coefficient (Wildman–Crippen LogP) is 4.41. The molecule has 0 aliphatic carbocycles. The molecule has 2 atom stereocenters. The van der Waals surface area contributed by atoms with Crippen LogP contribution in [0.3, 0.4) is 0 Å². The van der Waals surface area contributed by atoms with Gasteiger partial charge in [0.1, 0.15) is 16.9 Å². The van der Waals surface area contributed by atoms with Crippen LogP contribution in [0, 0.1) is 0 Å². The molecule has 0 aliphatic rings. The van der Waals surface area contributed by atoms with Crippen molar-refractivity contribution in [3.8, 4) is 0 Å². The number of imidazole rings is 1. The number of amides is 1. The van der Waals surface area contributed by atoms with Gasteiger partial charge in [-0.05, 0) is 33.3 Å². The molecule has 0 aliphatic heterocycles. The number of hydrogen-bond donors (Lipinski definition) is 1. The van der Waals surface area contributed by atoms with Crippen molar-refractivity contribution in [1.29, 1.82) is 0 Å². The molecular weight excluding hydrogens is 387 g/mol. The molecule has 3 aromatic rings. The molecule has 1 amide bonds. The van der Waals surface area contributed by atoms with E-state index in [9.17, 15) is 4.79 Å². The van der Waals surface area contributed by atoms with Crippen LogP contribution in [0.4, 0.5) is 4.79 Å². The highest BCUT2D eigenvalue weighted by Crippen LogP contribution is 2.28. The summed E-state index contributed by atoms with van der Waals surface area (Å²) in [5.41, 5.74) is 2.22. The maximum absolute atomic E-state index is 12.2. The van der Waals surface area contributed by atoms with E-state index in [-0.39, 0.29) is 6.04 Å². The SMILES string of the molecule is CCCc1nc2cnc3ccccc3c2n1[C@@H](CNC(=O)OC(C)(C)C)COP. The largest absolute Gasteiger partial charge is 0.444 e. The summed E-state index contributed by atoms with van der Waals surface area (Å²) < 4.78 is 13.0. The van der Waals surface area contributed by atoms with Crippen molar-refractivity contribution in [2.45, 2.75) is 52.2 Å². The van der Waals surface area contributed by atoms with Crippen molar-refractivity contribution in [2.75, 3.05) is 13.2 Å². The van der Waals surface area contributed by atoms with Gasteiger partial charge in [-0.15, -0.1) is 0 Å². The van der Waals surface area contributed by atoms with Gasteiger partial charge in [-0.1, -0.05) is 25.1 Å². The lowest BCUT2D eigenvalue weighted by molar-refractivity contribution is 0.0516. The minimum Gasteiger partial charge on any atom is -0.444 e. The first-order valence-electron chi connectivity index (χ1n) is 9.87. The number of aromatic nitrogens is 3. The Hall–Kier alpha value is -2.24. The third-order valence-electron chi connectivity index (χ3n) is 4.50. The van der Waals surface area contributed by atoms with Gasteiger partial charge in [0.2, 0.25) is 0 Å². The van der Waals surface area contributed by atoms with E-state index in [1.54, 1.807) is 0 Å². The van der Waals surface area contributed by atoms with Crippen LogP contribution in [0.15, 0.2) is 30.5 Å². The van der Waals surface area contributed by atoms with Crippen LogP contribution in [0.5, 0.6) is 0 Å². The van der Waals surface area contributed by atoms with Crippen LogP contribution in [-0.2, 0) is 15.7 Å². The summed E-state index contributed by atoms with van der Waals surface area (Å²) >= 11 is 0. The number of fused-ring (bicyclic) bond motifs is 3. The molecular formula is C21H29N4O3P. The number of aryl methyl sites for hydroxylation is 1. The quantitative estimate of drug-likeness (QED) is 0.577. The highest BCUT2D eigenvalue weighted by atomic mass is 31.0. The van der Waals surface area contributed by atoms with Gasteiger partial charge in [-0.25, -0.2) is 9.78 Å². The Morgan fingerprint density at radius 1 is 1.28 bits per heavy atom. The van der Waals surface area contributed by atoms with Crippen molar-refractivity contribution in [3.63, 3.8) is 0 Å². The maximum Gasteiger partial charge on any atom is 0.407 e. The second-order valence-corrected chi connectivity index (χ2v) is 8.36. The minimum absolute atomic E-state index is 0.141. The molecule has 0 saturated heterocycles. The van der Waals surface area contributed by atoms with E-state index in [0.717, 1.165) is 40.6 Å². The number of benzene rings is 1. The molecule has 0 saturated carbocycles. The number of nitrogens with one attached hydrogen (secondary N) is 1. The summed E-state index contributed by atoms with van der Waals surface area (Å²) in [5, 5.41) is 3.91. The smallest absolute Gasteiger partial charge is 0.407 e. The fourth-order valence-corrected chi connectivity index (χ4v) is 3.64.